The lowest BCUT2D eigenvalue weighted by molar-refractivity contribution is -0.117. The van der Waals surface area contributed by atoms with E-state index in [2.05, 4.69) is 17.1 Å². The Morgan fingerprint density at radius 3 is 2.26 bits per heavy atom. The molecule has 0 saturated heterocycles. The number of nitrogens with zero attached hydrogens (tertiary/aromatic N) is 2. The Labute approximate surface area is 134 Å². The average Bonchev–Trinajstić information content (AvgIpc) is 3.15. The maximum absolute atomic E-state index is 11.1. The highest BCUT2D eigenvalue weighted by Crippen LogP contribution is 2.22. The summed E-state index contributed by atoms with van der Waals surface area (Å²) in [6, 6.07) is 16.1. The van der Waals surface area contributed by atoms with Crippen LogP contribution < -0.4 is 0 Å². The summed E-state index contributed by atoms with van der Waals surface area (Å²) in [5.41, 5.74) is 4.21. The predicted molar refractivity (Wildman–Crippen MR) is 90.1 cm³/mol. The van der Waals surface area contributed by atoms with E-state index in [1.807, 2.05) is 47.2 Å². The fourth-order valence-electron chi connectivity index (χ4n) is 2.27. The van der Waals surface area contributed by atoms with E-state index in [1.54, 1.807) is 18.6 Å². The zero-order valence-electron chi connectivity index (χ0n) is 12.5. The maximum Gasteiger partial charge on any atom is 0.181 e. The minimum absolute atomic E-state index is 0.302. The Hall–Kier alpha value is -2.98. The van der Waals surface area contributed by atoms with Gasteiger partial charge in [0.15, 0.2) is 5.78 Å². The summed E-state index contributed by atoms with van der Waals surface area (Å²) >= 11 is 0. The van der Waals surface area contributed by atoms with Gasteiger partial charge in [0.25, 0.3) is 0 Å². The molecule has 0 aliphatic rings. The summed E-state index contributed by atoms with van der Waals surface area (Å²) < 4.78 is 1.95. The summed E-state index contributed by atoms with van der Waals surface area (Å²) in [5, 5.41) is 8.69. The summed E-state index contributed by atoms with van der Waals surface area (Å²) in [7, 11) is 0. The molecule has 0 amide bonds. The van der Waals surface area contributed by atoms with Crippen molar-refractivity contribution in [3.05, 3.63) is 78.9 Å². The van der Waals surface area contributed by atoms with Crippen molar-refractivity contribution in [3.8, 4) is 16.8 Å². The first-order valence-corrected chi connectivity index (χ1v) is 7.27. The number of carbonyl (C=O) groups is 1. The van der Waals surface area contributed by atoms with Crippen LogP contribution in [0.15, 0.2) is 73.3 Å². The largest absolute Gasteiger partial charge is 0.388 e. The van der Waals surface area contributed by atoms with Crippen LogP contribution in [0.3, 0.4) is 0 Å². The Morgan fingerprint density at radius 2 is 1.70 bits per heavy atom. The van der Waals surface area contributed by atoms with Gasteiger partial charge in [-0.15, -0.1) is 0 Å². The lowest BCUT2D eigenvalue weighted by Crippen LogP contribution is -1.97. The number of hydrogen-bond acceptors (Lipinski definition) is 3. The lowest BCUT2D eigenvalue weighted by Gasteiger charge is -2.05. The van der Waals surface area contributed by atoms with E-state index in [9.17, 15) is 4.79 Å². The monoisotopic (exact) mass is 304 g/mol. The molecule has 0 radical (unpaired) electrons. The van der Waals surface area contributed by atoms with Gasteiger partial charge in [0.1, 0.15) is 6.61 Å². The number of carbonyl (C=O) groups excluding carboxylic acids is 1. The molecule has 0 aliphatic carbocycles. The van der Waals surface area contributed by atoms with E-state index in [4.69, 9.17) is 5.11 Å². The first-order valence-electron chi connectivity index (χ1n) is 7.27. The molecule has 0 unspecified atom stereocenters. The van der Waals surface area contributed by atoms with Gasteiger partial charge in [-0.1, -0.05) is 42.5 Å². The number of aliphatic hydroxyl groups excluding tert-OH is 1. The van der Waals surface area contributed by atoms with Crippen molar-refractivity contribution in [2.45, 2.75) is 0 Å². The van der Waals surface area contributed by atoms with Crippen molar-refractivity contribution in [2.24, 2.45) is 0 Å². The molecule has 1 N–H and O–H groups in total. The van der Waals surface area contributed by atoms with Crippen LogP contribution in [-0.2, 0) is 4.79 Å². The molecule has 3 aromatic rings. The molecular weight excluding hydrogens is 288 g/mol. The van der Waals surface area contributed by atoms with Crippen LogP contribution in [0.1, 0.15) is 5.56 Å². The van der Waals surface area contributed by atoms with Gasteiger partial charge in [-0.25, -0.2) is 4.98 Å². The van der Waals surface area contributed by atoms with Crippen molar-refractivity contribution < 1.29 is 9.90 Å². The number of imidazole rings is 1. The Kier molecular flexibility index (Phi) is 4.45. The third kappa shape index (κ3) is 3.62. The van der Waals surface area contributed by atoms with Gasteiger partial charge in [-0.05, 0) is 34.9 Å². The van der Waals surface area contributed by atoms with Crippen LogP contribution in [-0.4, -0.2) is 27.0 Å². The van der Waals surface area contributed by atoms with E-state index in [0.29, 0.717) is 0 Å². The topological polar surface area (TPSA) is 55.1 Å². The number of ketones is 1. The zero-order chi connectivity index (χ0) is 16.1. The molecule has 0 atom stereocenters. The minimum atomic E-state index is -0.460. The first kappa shape index (κ1) is 14.9. The van der Waals surface area contributed by atoms with Crippen LogP contribution in [0.5, 0.6) is 0 Å². The molecule has 0 fully saturated rings. The molecule has 1 heterocycles. The molecule has 3 rings (SSSR count). The fourth-order valence-corrected chi connectivity index (χ4v) is 2.27. The summed E-state index contributed by atoms with van der Waals surface area (Å²) in [6.45, 7) is -0.460. The number of aliphatic hydroxyl groups is 1. The van der Waals surface area contributed by atoms with E-state index < -0.39 is 6.61 Å². The minimum Gasteiger partial charge on any atom is -0.388 e. The molecular formula is C19H16N2O2. The normalized spacial score (nSPS) is 11.0. The molecule has 114 valence electrons. The van der Waals surface area contributed by atoms with Crippen LogP contribution >= 0.6 is 0 Å². The van der Waals surface area contributed by atoms with E-state index >= 15 is 0 Å². The van der Waals surface area contributed by atoms with Gasteiger partial charge in [0.05, 0.1) is 6.33 Å². The third-order valence-electron chi connectivity index (χ3n) is 3.53. The number of aromatic nitrogens is 2. The van der Waals surface area contributed by atoms with Crippen LogP contribution in [0.4, 0.5) is 0 Å². The average molecular weight is 304 g/mol. The van der Waals surface area contributed by atoms with E-state index in [-0.39, 0.29) is 5.78 Å². The maximum atomic E-state index is 11.1. The van der Waals surface area contributed by atoms with E-state index in [0.717, 1.165) is 22.4 Å². The van der Waals surface area contributed by atoms with Crippen molar-refractivity contribution in [3.63, 3.8) is 0 Å². The van der Waals surface area contributed by atoms with Crippen LogP contribution in [0, 0.1) is 0 Å². The predicted octanol–water partition coefficient (Wildman–Crippen LogP) is 3.11. The summed E-state index contributed by atoms with van der Waals surface area (Å²) in [5.74, 6) is -0.302. The van der Waals surface area contributed by atoms with Crippen molar-refractivity contribution in [1.82, 2.24) is 9.55 Å². The van der Waals surface area contributed by atoms with Gasteiger partial charge in [0.2, 0.25) is 0 Å². The van der Waals surface area contributed by atoms with Crippen LogP contribution in [0.2, 0.25) is 0 Å². The SMILES string of the molecule is O=C(/C=C/c1ccc(-c2ccc(-n3ccnc3)cc2)cc1)CO. The number of benzene rings is 2. The van der Waals surface area contributed by atoms with Crippen LogP contribution in [0.25, 0.3) is 22.9 Å². The lowest BCUT2D eigenvalue weighted by atomic mass is 10.0. The first-order chi connectivity index (χ1) is 11.3. The zero-order valence-corrected chi connectivity index (χ0v) is 12.5. The molecule has 1 aromatic heterocycles. The van der Waals surface area contributed by atoms with Crippen molar-refractivity contribution in [2.75, 3.05) is 6.61 Å². The second-order valence-corrected chi connectivity index (χ2v) is 5.10. The fraction of sp³-hybridized carbons (Fsp3) is 0.0526. The smallest absolute Gasteiger partial charge is 0.181 e. The Bertz CT molecular complexity index is 802. The molecule has 4 heteroatoms. The molecule has 23 heavy (non-hydrogen) atoms. The highest BCUT2D eigenvalue weighted by atomic mass is 16.3. The Balaban J connectivity index is 1.77. The van der Waals surface area contributed by atoms with Gasteiger partial charge >= 0.3 is 0 Å². The highest BCUT2D eigenvalue weighted by molar-refractivity contribution is 5.94. The molecule has 0 bridgehead atoms. The standard InChI is InChI=1S/C19H16N2O2/c22-13-19(23)10-3-15-1-4-16(5-2-15)17-6-8-18(9-7-17)21-12-11-20-14-21/h1-12,14,22H,13H2/b10-3+. The van der Waals surface area contributed by atoms with Crippen molar-refractivity contribution in [1.29, 1.82) is 0 Å². The van der Waals surface area contributed by atoms with Gasteiger partial charge in [-0.2, -0.15) is 0 Å². The summed E-state index contributed by atoms with van der Waals surface area (Å²) in [6.07, 6.45) is 8.51. The second kappa shape index (κ2) is 6.85. The highest BCUT2D eigenvalue weighted by Gasteiger charge is 2.00. The quantitative estimate of drug-likeness (QED) is 0.737. The third-order valence-corrected chi connectivity index (χ3v) is 3.53. The van der Waals surface area contributed by atoms with Crippen molar-refractivity contribution >= 4 is 11.9 Å². The van der Waals surface area contributed by atoms with Gasteiger partial charge < -0.3 is 9.67 Å². The molecule has 0 aliphatic heterocycles. The molecule has 4 nitrogen and oxygen atoms in total. The van der Waals surface area contributed by atoms with E-state index in [1.165, 1.54) is 6.08 Å². The molecule has 0 saturated carbocycles. The number of hydrogen-bond donors (Lipinski definition) is 1. The van der Waals surface area contributed by atoms with Gasteiger partial charge in [-0.3, -0.25) is 4.79 Å². The summed E-state index contributed by atoms with van der Waals surface area (Å²) in [4.78, 5) is 15.1. The number of rotatable bonds is 5. The second-order valence-electron chi connectivity index (χ2n) is 5.10. The molecule has 2 aromatic carbocycles. The Morgan fingerprint density at radius 1 is 1.04 bits per heavy atom. The molecule has 0 spiro atoms. The van der Waals surface area contributed by atoms with Gasteiger partial charge in [0, 0.05) is 18.1 Å².